The number of nitrogens with zero attached hydrogens (tertiary/aromatic N) is 3. The maximum Gasteiger partial charge on any atom is 0.270 e. The summed E-state index contributed by atoms with van der Waals surface area (Å²) in [6.07, 6.45) is -0.755. The molecule has 0 fully saturated rings. The molecule has 0 bridgehead atoms. The summed E-state index contributed by atoms with van der Waals surface area (Å²) in [5, 5.41) is 37.2. The van der Waals surface area contributed by atoms with Crippen molar-refractivity contribution in [1.29, 1.82) is 0 Å². The topological polar surface area (TPSA) is 123 Å². The quantitative estimate of drug-likeness (QED) is 0.352. The summed E-state index contributed by atoms with van der Waals surface area (Å²) in [7, 11) is 0. The van der Waals surface area contributed by atoms with Crippen LogP contribution in [0.1, 0.15) is 0 Å². The molecule has 0 saturated heterocycles. The van der Waals surface area contributed by atoms with Gasteiger partial charge in [0.1, 0.15) is 0 Å². The maximum absolute atomic E-state index is 11.2. The minimum absolute atomic E-state index is 0.0978. The van der Waals surface area contributed by atoms with Gasteiger partial charge in [0.05, 0.1) is 22.5 Å². The molecular formula is C21H18N4O5. The first-order valence-electron chi connectivity index (χ1n) is 9.26. The summed E-state index contributed by atoms with van der Waals surface area (Å²) in [5.41, 5.74) is 2.01. The van der Waals surface area contributed by atoms with E-state index in [2.05, 4.69) is 5.32 Å². The van der Waals surface area contributed by atoms with Crippen LogP contribution in [0.5, 0.6) is 0 Å². The largest absolute Gasteiger partial charge is 0.389 e. The second kappa shape index (κ2) is 7.80. The second-order valence-electron chi connectivity index (χ2n) is 6.93. The summed E-state index contributed by atoms with van der Waals surface area (Å²) < 4.78 is 1.83. The Balaban J connectivity index is 1.73. The second-order valence-corrected chi connectivity index (χ2v) is 6.93. The van der Waals surface area contributed by atoms with E-state index in [-0.39, 0.29) is 17.9 Å². The van der Waals surface area contributed by atoms with Gasteiger partial charge in [0.15, 0.2) is 0 Å². The van der Waals surface area contributed by atoms with Gasteiger partial charge < -0.3 is 15.0 Å². The molecule has 2 N–H and O–H groups in total. The molecule has 1 aromatic heterocycles. The first-order valence-corrected chi connectivity index (χ1v) is 9.26. The Hall–Kier alpha value is -3.98. The van der Waals surface area contributed by atoms with Gasteiger partial charge in [-0.2, -0.15) is 0 Å². The number of non-ortho nitro benzene ring substituents is 2. The minimum atomic E-state index is -0.755. The molecule has 30 heavy (non-hydrogen) atoms. The lowest BCUT2D eigenvalue weighted by Gasteiger charge is -2.15. The molecule has 152 valence electrons. The van der Waals surface area contributed by atoms with Gasteiger partial charge >= 0.3 is 0 Å². The van der Waals surface area contributed by atoms with E-state index in [4.69, 9.17) is 0 Å². The number of nitro groups is 2. The molecule has 9 nitrogen and oxygen atoms in total. The predicted molar refractivity (Wildman–Crippen MR) is 114 cm³/mol. The van der Waals surface area contributed by atoms with E-state index in [1.807, 2.05) is 34.9 Å². The molecule has 1 heterocycles. The Kier molecular flexibility index (Phi) is 5.03. The predicted octanol–water partition coefficient (Wildman–Crippen LogP) is 4.08. The van der Waals surface area contributed by atoms with Crippen LogP contribution in [0.3, 0.4) is 0 Å². The van der Waals surface area contributed by atoms with Gasteiger partial charge in [-0.15, -0.1) is 0 Å². The summed E-state index contributed by atoms with van der Waals surface area (Å²) >= 11 is 0. The third-order valence-electron chi connectivity index (χ3n) is 4.96. The third kappa shape index (κ3) is 3.65. The van der Waals surface area contributed by atoms with Crippen LogP contribution in [0, 0.1) is 20.2 Å². The number of para-hydroxylation sites is 1. The Morgan fingerprint density at radius 2 is 1.40 bits per heavy atom. The normalized spacial score (nSPS) is 12.2. The minimum Gasteiger partial charge on any atom is -0.389 e. The van der Waals surface area contributed by atoms with Crippen molar-refractivity contribution >= 4 is 38.9 Å². The maximum atomic E-state index is 11.2. The number of aromatic nitrogens is 1. The van der Waals surface area contributed by atoms with E-state index in [0.29, 0.717) is 28.4 Å². The fourth-order valence-corrected chi connectivity index (χ4v) is 3.57. The first kappa shape index (κ1) is 19.3. The van der Waals surface area contributed by atoms with Crippen molar-refractivity contribution in [2.45, 2.75) is 12.6 Å². The van der Waals surface area contributed by atoms with Gasteiger partial charge in [-0.25, -0.2) is 0 Å². The molecule has 3 aromatic carbocycles. The lowest BCUT2D eigenvalue weighted by atomic mass is 10.1. The number of rotatable bonds is 7. The number of anilines is 1. The Bertz CT molecular complexity index is 1180. The Labute approximate surface area is 170 Å². The number of benzene rings is 3. The van der Waals surface area contributed by atoms with Crippen molar-refractivity contribution in [2.24, 2.45) is 0 Å². The fraction of sp³-hybridized carbons (Fsp3) is 0.143. The van der Waals surface area contributed by atoms with Crippen LogP contribution in [-0.4, -0.2) is 32.2 Å². The van der Waals surface area contributed by atoms with Crippen LogP contribution in [0.25, 0.3) is 21.8 Å². The molecule has 1 unspecified atom stereocenters. The molecule has 0 spiro atoms. The average Bonchev–Trinajstić information content (AvgIpc) is 3.05. The summed E-state index contributed by atoms with van der Waals surface area (Å²) in [6, 6.07) is 18.3. The standard InChI is InChI=1S/C21H18N4O5/c26-17(12-22-14-4-2-1-3-5-14)13-23-20-8-6-15(24(27)28)10-18(20)19-11-16(25(29)30)7-9-21(19)23/h1-11,17,22,26H,12-13H2. The Morgan fingerprint density at radius 3 is 1.90 bits per heavy atom. The molecule has 9 heteroatoms. The molecule has 0 amide bonds. The molecular weight excluding hydrogens is 388 g/mol. The molecule has 4 rings (SSSR count). The van der Waals surface area contributed by atoms with Gasteiger partial charge in [-0.1, -0.05) is 18.2 Å². The van der Waals surface area contributed by atoms with Crippen molar-refractivity contribution in [2.75, 3.05) is 11.9 Å². The van der Waals surface area contributed by atoms with Crippen molar-refractivity contribution in [3.8, 4) is 0 Å². The summed E-state index contributed by atoms with van der Waals surface area (Å²) in [4.78, 5) is 21.4. The monoisotopic (exact) mass is 406 g/mol. The van der Waals surface area contributed by atoms with E-state index < -0.39 is 16.0 Å². The highest BCUT2D eigenvalue weighted by Crippen LogP contribution is 2.34. The van der Waals surface area contributed by atoms with E-state index in [1.54, 1.807) is 12.1 Å². The zero-order valence-corrected chi connectivity index (χ0v) is 15.8. The first-order chi connectivity index (χ1) is 14.4. The number of nitro benzene ring substituents is 2. The van der Waals surface area contributed by atoms with E-state index in [1.165, 1.54) is 24.3 Å². The van der Waals surface area contributed by atoms with Gasteiger partial charge in [-0.05, 0) is 24.3 Å². The van der Waals surface area contributed by atoms with E-state index >= 15 is 0 Å². The molecule has 0 radical (unpaired) electrons. The van der Waals surface area contributed by atoms with Crippen LogP contribution in [-0.2, 0) is 6.54 Å². The number of aliphatic hydroxyl groups is 1. The van der Waals surface area contributed by atoms with Crippen LogP contribution < -0.4 is 5.32 Å². The highest BCUT2D eigenvalue weighted by molar-refractivity contribution is 6.09. The number of hydrogen-bond acceptors (Lipinski definition) is 6. The molecule has 0 aliphatic carbocycles. The SMILES string of the molecule is O=[N+]([O-])c1ccc2c(c1)c1cc([N+](=O)[O-])ccc1n2CC(O)CNc1ccccc1. The van der Waals surface area contributed by atoms with Crippen LogP contribution >= 0.6 is 0 Å². The lowest BCUT2D eigenvalue weighted by Crippen LogP contribution is -2.24. The summed E-state index contributed by atoms with van der Waals surface area (Å²) in [5.74, 6) is 0. The van der Waals surface area contributed by atoms with Gasteiger partial charge in [-0.3, -0.25) is 20.2 Å². The van der Waals surface area contributed by atoms with E-state index in [0.717, 1.165) is 5.69 Å². The number of nitrogens with one attached hydrogen (secondary N) is 1. The molecule has 0 saturated carbocycles. The molecule has 1 atom stereocenters. The van der Waals surface area contributed by atoms with Crippen molar-refractivity contribution in [1.82, 2.24) is 4.57 Å². The number of hydrogen-bond donors (Lipinski definition) is 2. The van der Waals surface area contributed by atoms with Crippen LogP contribution in [0.2, 0.25) is 0 Å². The highest BCUT2D eigenvalue weighted by atomic mass is 16.6. The zero-order valence-electron chi connectivity index (χ0n) is 15.8. The van der Waals surface area contributed by atoms with Crippen LogP contribution in [0.15, 0.2) is 66.7 Å². The van der Waals surface area contributed by atoms with Crippen LogP contribution in [0.4, 0.5) is 17.1 Å². The fourth-order valence-electron chi connectivity index (χ4n) is 3.57. The number of fused-ring (bicyclic) bond motifs is 3. The number of aliphatic hydroxyl groups excluding tert-OH is 1. The average molecular weight is 406 g/mol. The third-order valence-corrected chi connectivity index (χ3v) is 4.96. The van der Waals surface area contributed by atoms with Crippen molar-refractivity contribution in [3.63, 3.8) is 0 Å². The molecule has 0 aliphatic heterocycles. The van der Waals surface area contributed by atoms with Crippen molar-refractivity contribution in [3.05, 3.63) is 87.0 Å². The Morgan fingerprint density at radius 1 is 0.867 bits per heavy atom. The van der Waals surface area contributed by atoms with Gasteiger partial charge in [0.2, 0.25) is 0 Å². The van der Waals surface area contributed by atoms with Gasteiger partial charge in [0.25, 0.3) is 11.4 Å². The zero-order chi connectivity index (χ0) is 21.3. The van der Waals surface area contributed by atoms with Crippen molar-refractivity contribution < 1.29 is 15.0 Å². The lowest BCUT2D eigenvalue weighted by molar-refractivity contribution is -0.385. The van der Waals surface area contributed by atoms with E-state index in [9.17, 15) is 25.3 Å². The highest BCUT2D eigenvalue weighted by Gasteiger charge is 2.19. The molecule has 4 aromatic rings. The van der Waals surface area contributed by atoms with Gasteiger partial charge in [0, 0.05) is 58.3 Å². The smallest absolute Gasteiger partial charge is 0.270 e. The molecule has 0 aliphatic rings. The summed E-state index contributed by atoms with van der Waals surface area (Å²) in [6.45, 7) is 0.514.